The summed E-state index contributed by atoms with van der Waals surface area (Å²) in [4.78, 5) is 14.1. The maximum absolute atomic E-state index is 12.0. The van der Waals surface area contributed by atoms with E-state index in [1.807, 2.05) is 0 Å². The lowest BCUT2D eigenvalue weighted by atomic mass is 10.0. The summed E-state index contributed by atoms with van der Waals surface area (Å²) in [6.45, 7) is 6.07. The van der Waals surface area contributed by atoms with Crippen molar-refractivity contribution in [1.82, 2.24) is 4.90 Å². The SMILES string of the molecule is CC1(C)CCCN1C(=O)CCCCCCN. The van der Waals surface area contributed by atoms with E-state index in [-0.39, 0.29) is 5.54 Å². The number of likely N-dealkylation sites (tertiary alicyclic amines) is 1. The van der Waals surface area contributed by atoms with E-state index in [4.69, 9.17) is 5.73 Å². The van der Waals surface area contributed by atoms with Crippen LogP contribution in [0.15, 0.2) is 0 Å². The van der Waals surface area contributed by atoms with E-state index in [1.54, 1.807) is 0 Å². The first-order valence-corrected chi connectivity index (χ1v) is 6.58. The van der Waals surface area contributed by atoms with Gasteiger partial charge in [0.05, 0.1) is 0 Å². The predicted octanol–water partition coefficient (Wildman–Crippen LogP) is 2.30. The molecule has 94 valence electrons. The van der Waals surface area contributed by atoms with Crippen LogP contribution in [0.2, 0.25) is 0 Å². The normalized spacial score (nSPS) is 19.1. The van der Waals surface area contributed by atoms with E-state index in [0.29, 0.717) is 12.3 Å². The van der Waals surface area contributed by atoms with Crippen LogP contribution in [0, 0.1) is 0 Å². The van der Waals surface area contributed by atoms with Gasteiger partial charge >= 0.3 is 0 Å². The Morgan fingerprint density at radius 3 is 2.50 bits per heavy atom. The number of hydrogen-bond acceptors (Lipinski definition) is 2. The van der Waals surface area contributed by atoms with Gasteiger partial charge in [0.1, 0.15) is 0 Å². The Kier molecular flexibility index (Phi) is 5.26. The third-order valence-electron chi connectivity index (χ3n) is 3.55. The van der Waals surface area contributed by atoms with Crippen LogP contribution < -0.4 is 5.73 Å². The Hall–Kier alpha value is -0.570. The first-order valence-electron chi connectivity index (χ1n) is 6.58. The fraction of sp³-hybridized carbons (Fsp3) is 0.923. The van der Waals surface area contributed by atoms with E-state index < -0.39 is 0 Å². The molecule has 1 aliphatic rings. The molecule has 0 atom stereocenters. The molecular formula is C13H26N2O. The van der Waals surface area contributed by atoms with Gasteiger partial charge in [-0.25, -0.2) is 0 Å². The smallest absolute Gasteiger partial charge is 0.223 e. The fourth-order valence-electron chi connectivity index (χ4n) is 2.48. The van der Waals surface area contributed by atoms with Crippen molar-refractivity contribution < 1.29 is 4.79 Å². The van der Waals surface area contributed by atoms with E-state index in [9.17, 15) is 4.79 Å². The molecule has 16 heavy (non-hydrogen) atoms. The highest BCUT2D eigenvalue weighted by atomic mass is 16.2. The van der Waals surface area contributed by atoms with Gasteiger partial charge in [-0.15, -0.1) is 0 Å². The summed E-state index contributed by atoms with van der Waals surface area (Å²) >= 11 is 0. The highest BCUT2D eigenvalue weighted by molar-refractivity contribution is 5.77. The molecule has 0 bridgehead atoms. The number of nitrogens with two attached hydrogens (primary N) is 1. The number of carbonyl (C=O) groups excluding carboxylic acids is 1. The number of nitrogens with zero attached hydrogens (tertiary/aromatic N) is 1. The molecule has 1 saturated heterocycles. The van der Waals surface area contributed by atoms with Crippen molar-refractivity contribution in [3.8, 4) is 0 Å². The topological polar surface area (TPSA) is 46.3 Å². The first-order chi connectivity index (χ1) is 7.58. The van der Waals surface area contributed by atoms with Crippen molar-refractivity contribution in [3.05, 3.63) is 0 Å². The van der Waals surface area contributed by atoms with Crippen molar-refractivity contribution in [1.29, 1.82) is 0 Å². The molecule has 1 amide bonds. The van der Waals surface area contributed by atoms with Crippen LogP contribution in [0.1, 0.15) is 58.8 Å². The van der Waals surface area contributed by atoms with Gasteiger partial charge in [-0.05, 0) is 46.1 Å². The maximum atomic E-state index is 12.0. The van der Waals surface area contributed by atoms with Gasteiger partial charge in [0.2, 0.25) is 5.91 Å². The number of hydrogen-bond donors (Lipinski definition) is 1. The minimum Gasteiger partial charge on any atom is -0.338 e. The summed E-state index contributed by atoms with van der Waals surface area (Å²) in [7, 11) is 0. The van der Waals surface area contributed by atoms with Gasteiger partial charge in [-0.1, -0.05) is 12.8 Å². The van der Waals surface area contributed by atoms with E-state index >= 15 is 0 Å². The molecule has 1 rings (SSSR count). The van der Waals surface area contributed by atoms with Gasteiger partial charge in [0.25, 0.3) is 0 Å². The molecule has 0 aliphatic carbocycles. The minimum atomic E-state index is 0.0916. The molecule has 3 nitrogen and oxygen atoms in total. The van der Waals surface area contributed by atoms with Crippen molar-refractivity contribution in [3.63, 3.8) is 0 Å². The fourth-order valence-corrected chi connectivity index (χ4v) is 2.48. The molecule has 0 radical (unpaired) electrons. The first kappa shape index (κ1) is 13.5. The van der Waals surface area contributed by atoms with Gasteiger partial charge in [0.15, 0.2) is 0 Å². The predicted molar refractivity (Wildman–Crippen MR) is 67.2 cm³/mol. The monoisotopic (exact) mass is 226 g/mol. The van der Waals surface area contributed by atoms with Crippen molar-refractivity contribution >= 4 is 5.91 Å². The molecule has 3 heteroatoms. The van der Waals surface area contributed by atoms with Crippen LogP contribution in [0.5, 0.6) is 0 Å². The van der Waals surface area contributed by atoms with Crippen molar-refractivity contribution in [2.75, 3.05) is 13.1 Å². The number of unbranched alkanes of at least 4 members (excludes halogenated alkanes) is 3. The molecule has 1 fully saturated rings. The summed E-state index contributed by atoms with van der Waals surface area (Å²) in [5, 5.41) is 0. The molecular weight excluding hydrogens is 200 g/mol. The zero-order chi connectivity index (χ0) is 12.0. The molecule has 0 aromatic carbocycles. The number of rotatable bonds is 6. The van der Waals surface area contributed by atoms with E-state index in [2.05, 4.69) is 18.7 Å². The Morgan fingerprint density at radius 1 is 1.25 bits per heavy atom. The van der Waals surface area contributed by atoms with Crippen LogP contribution in [0.4, 0.5) is 0 Å². The summed E-state index contributed by atoms with van der Waals surface area (Å²) in [6, 6.07) is 0. The molecule has 2 N–H and O–H groups in total. The lowest BCUT2D eigenvalue weighted by Gasteiger charge is -2.31. The van der Waals surface area contributed by atoms with Gasteiger partial charge in [0, 0.05) is 18.5 Å². The standard InChI is InChI=1S/C13H26N2O/c1-13(2)9-7-11-15(13)12(16)8-5-3-4-6-10-14/h3-11,14H2,1-2H3. The molecule has 0 aromatic heterocycles. The Morgan fingerprint density at radius 2 is 1.94 bits per heavy atom. The average molecular weight is 226 g/mol. The molecule has 1 heterocycles. The highest BCUT2D eigenvalue weighted by Gasteiger charge is 2.34. The van der Waals surface area contributed by atoms with Crippen LogP contribution in [-0.2, 0) is 4.79 Å². The van der Waals surface area contributed by atoms with E-state index in [0.717, 1.165) is 51.6 Å². The van der Waals surface area contributed by atoms with Gasteiger partial charge < -0.3 is 10.6 Å². The van der Waals surface area contributed by atoms with Crippen LogP contribution in [0.3, 0.4) is 0 Å². The average Bonchev–Trinajstić information content (AvgIpc) is 2.57. The second kappa shape index (κ2) is 6.24. The molecule has 0 saturated carbocycles. The number of amides is 1. The number of carbonyl (C=O) groups is 1. The largest absolute Gasteiger partial charge is 0.338 e. The maximum Gasteiger partial charge on any atom is 0.223 e. The lowest BCUT2D eigenvalue weighted by molar-refractivity contribution is -0.134. The summed E-state index contributed by atoms with van der Waals surface area (Å²) < 4.78 is 0. The third kappa shape index (κ3) is 3.78. The molecule has 0 unspecified atom stereocenters. The second-order valence-corrected chi connectivity index (χ2v) is 5.41. The van der Waals surface area contributed by atoms with Gasteiger partial charge in [-0.3, -0.25) is 4.79 Å². The van der Waals surface area contributed by atoms with Gasteiger partial charge in [-0.2, -0.15) is 0 Å². The molecule has 0 aromatic rings. The summed E-state index contributed by atoms with van der Waals surface area (Å²) in [5.41, 5.74) is 5.52. The molecule has 0 spiro atoms. The Bertz CT molecular complexity index is 226. The Labute approximate surface area is 99.4 Å². The zero-order valence-corrected chi connectivity index (χ0v) is 10.8. The summed E-state index contributed by atoms with van der Waals surface area (Å²) in [5.74, 6) is 0.343. The molecule has 1 aliphatic heterocycles. The summed E-state index contributed by atoms with van der Waals surface area (Å²) in [6.07, 6.45) is 7.42. The third-order valence-corrected chi connectivity index (χ3v) is 3.55. The van der Waals surface area contributed by atoms with Crippen LogP contribution >= 0.6 is 0 Å². The highest BCUT2D eigenvalue weighted by Crippen LogP contribution is 2.28. The zero-order valence-electron chi connectivity index (χ0n) is 10.8. The van der Waals surface area contributed by atoms with Crippen LogP contribution in [-0.4, -0.2) is 29.4 Å². The van der Waals surface area contributed by atoms with Crippen molar-refractivity contribution in [2.24, 2.45) is 5.73 Å². The minimum absolute atomic E-state index is 0.0916. The quantitative estimate of drug-likeness (QED) is 0.706. The Balaban J connectivity index is 2.20. The van der Waals surface area contributed by atoms with Crippen molar-refractivity contribution in [2.45, 2.75) is 64.3 Å². The van der Waals surface area contributed by atoms with E-state index in [1.165, 1.54) is 0 Å². The second-order valence-electron chi connectivity index (χ2n) is 5.41. The lowest BCUT2D eigenvalue weighted by Crippen LogP contribution is -2.42. The van der Waals surface area contributed by atoms with Crippen LogP contribution in [0.25, 0.3) is 0 Å².